The molecule has 0 saturated carbocycles. The van der Waals surface area contributed by atoms with Crippen molar-refractivity contribution in [2.75, 3.05) is 19.6 Å². The Morgan fingerprint density at radius 3 is 2.90 bits per heavy atom. The van der Waals surface area contributed by atoms with Crippen molar-refractivity contribution < 1.29 is 14.0 Å². The Balaban J connectivity index is 0.00000136. The van der Waals surface area contributed by atoms with Gasteiger partial charge in [0.05, 0.1) is 18.9 Å². The summed E-state index contributed by atoms with van der Waals surface area (Å²) >= 11 is 0. The summed E-state index contributed by atoms with van der Waals surface area (Å²) in [6, 6.07) is 3.89. The Labute approximate surface area is 194 Å². The van der Waals surface area contributed by atoms with E-state index in [-0.39, 0.29) is 42.7 Å². The van der Waals surface area contributed by atoms with Gasteiger partial charge in [0.25, 0.3) is 5.91 Å². The van der Waals surface area contributed by atoms with Gasteiger partial charge in [0.15, 0.2) is 5.76 Å². The molecule has 2 aromatic heterocycles. The molecule has 2 bridgehead atoms. The van der Waals surface area contributed by atoms with Crippen molar-refractivity contribution in [2.24, 2.45) is 11.8 Å². The van der Waals surface area contributed by atoms with Gasteiger partial charge in [0.2, 0.25) is 5.91 Å². The monoisotopic (exact) mass is 469 g/mol. The quantitative estimate of drug-likeness (QED) is 0.699. The predicted octanol–water partition coefficient (Wildman–Crippen LogP) is 2.09. The second kappa shape index (κ2) is 10.1. The minimum atomic E-state index is -0.228. The molecule has 0 unspecified atom stereocenters. The molecule has 8 nitrogen and oxygen atoms in total. The molecule has 3 aliphatic rings. The highest BCUT2D eigenvalue weighted by atomic mass is 35.5. The molecule has 0 aliphatic carbocycles. The number of nitrogens with one attached hydrogen (secondary N) is 2. The molecule has 10 heteroatoms. The van der Waals surface area contributed by atoms with Gasteiger partial charge < -0.3 is 24.5 Å². The summed E-state index contributed by atoms with van der Waals surface area (Å²) in [6.45, 7) is 2.91. The maximum absolute atomic E-state index is 12.7. The largest absolute Gasteiger partial charge is 0.454 e. The third-order valence-electron chi connectivity index (χ3n) is 6.65. The number of hydrogen-bond donors (Lipinski definition) is 2. The zero-order valence-electron chi connectivity index (χ0n) is 17.2. The normalized spacial score (nSPS) is 27.0. The third-order valence-corrected chi connectivity index (χ3v) is 6.65. The first kappa shape index (κ1) is 23.6. The van der Waals surface area contributed by atoms with E-state index in [4.69, 9.17) is 4.42 Å². The van der Waals surface area contributed by atoms with Gasteiger partial charge in [-0.25, -0.2) is 4.98 Å². The van der Waals surface area contributed by atoms with E-state index in [0.717, 1.165) is 32.4 Å². The first-order valence-corrected chi connectivity index (χ1v) is 10.5. The Hall–Kier alpha value is -2.03. The van der Waals surface area contributed by atoms with E-state index >= 15 is 0 Å². The summed E-state index contributed by atoms with van der Waals surface area (Å²) in [5.41, 5.74) is 0. The van der Waals surface area contributed by atoms with Crippen LogP contribution in [0.3, 0.4) is 0 Å². The Bertz CT molecular complexity index is 887. The van der Waals surface area contributed by atoms with Crippen molar-refractivity contribution in [1.29, 1.82) is 0 Å². The topological polar surface area (TPSA) is 92.4 Å². The van der Waals surface area contributed by atoms with Gasteiger partial charge in [0.1, 0.15) is 5.76 Å². The van der Waals surface area contributed by atoms with Crippen molar-refractivity contribution in [3.63, 3.8) is 0 Å². The lowest BCUT2D eigenvalue weighted by Crippen LogP contribution is -2.66. The number of piperidine rings is 3. The fourth-order valence-corrected chi connectivity index (χ4v) is 5.33. The molecule has 0 spiro atoms. The van der Waals surface area contributed by atoms with Gasteiger partial charge in [0, 0.05) is 37.9 Å². The molecule has 4 atom stereocenters. The third kappa shape index (κ3) is 4.76. The van der Waals surface area contributed by atoms with E-state index in [9.17, 15) is 9.59 Å². The van der Waals surface area contributed by atoms with E-state index in [2.05, 4.69) is 20.5 Å². The molecular formula is C21H29Cl2N5O3. The van der Waals surface area contributed by atoms with Crippen LogP contribution in [0.2, 0.25) is 0 Å². The number of rotatable bonds is 5. The van der Waals surface area contributed by atoms with Crippen LogP contribution in [0.15, 0.2) is 35.3 Å². The smallest absolute Gasteiger partial charge is 0.287 e. The zero-order valence-corrected chi connectivity index (χ0v) is 18.9. The first-order valence-electron chi connectivity index (χ1n) is 10.5. The van der Waals surface area contributed by atoms with Crippen molar-refractivity contribution in [3.8, 4) is 0 Å². The standard InChI is InChI=1S/C21H27N5O3.2ClH/c27-20-3-1-2-17-14-8-15(10-23-9-14)18(26(17)20)11-24-21(28)19-5-4-16(29-19)12-25-7-6-22-13-25;;/h4-7,13-15,17-18,23H,1-3,8-12H2,(H,24,28);2*1H/t14-,15+,17+,18+;;/m1../s1. The first-order chi connectivity index (χ1) is 14.2. The highest BCUT2D eigenvalue weighted by Crippen LogP contribution is 2.39. The average Bonchev–Trinajstić information content (AvgIpc) is 3.41. The van der Waals surface area contributed by atoms with Crippen LogP contribution in [0.4, 0.5) is 0 Å². The van der Waals surface area contributed by atoms with Crippen LogP contribution < -0.4 is 10.6 Å². The van der Waals surface area contributed by atoms with Gasteiger partial charge in [-0.05, 0) is 49.8 Å². The number of furan rings is 1. The van der Waals surface area contributed by atoms with E-state index in [1.165, 1.54) is 0 Å². The number of halogens is 2. The van der Waals surface area contributed by atoms with Crippen LogP contribution >= 0.6 is 24.8 Å². The van der Waals surface area contributed by atoms with Crippen LogP contribution in [0.1, 0.15) is 42.0 Å². The van der Waals surface area contributed by atoms with Gasteiger partial charge in [-0.2, -0.15) is 0 Å². The number of hydrogen-bond acceptors (Lipinski definition) is 5. The van der Waals surface area contributed by atoms with Crippen molar-refractivity contribution in [3.05, 3.63) is 42.4 Å². The predicted molar refractivity (Wildman–Crippen MR) is 120 cm³/mol. The number of fused-ring (bicyclic) bond motifs is 4. The Morgan fingerprint density at radius 2 is 2.10 bits per heavy atom. The Morgan fingerprint density at radius 1 is 1.26 bits per heavy atom. The lowest BCUT2D eigenvalue weighted by atomic mass is 9.72. The molecule has 3 fully saturated rings. The maximum Gasteiger partial charge on any atom is 0.287 e. The summed E-state index contributed by atoms with van der Waals surface area (Å²) < 4.78 is 7.60. The number of amides is 2. The summed E-state index contributed by atoms with van der Waals surface area (Å²) in [4.78, 5) is 31.5. The van der Waals surface area contributed by atoms with Crippen LogP contribution in [0.5, 0.6) is 0 Å². The van der Waals surface area contributed by atoms with Gasteiger partial charge in [-0.15, -0.1) is 24.8 Å². The Kier molecular flexibility index (Phi) is 7.67. The van der Waals surface area contributed by atoms with E-state index in [1.54, 1.807) is 18.6 Å². The van der Waals surface area contributed by atoms with Gasteiger partial charge in [-0.3, -0.25) is 9.59 Å². The molecule has 2 aromatic rings. The minimum absolute atomic E-state index is 0. The lowest BCUT2D eigenvalue weighted by Gasteiger charge is -2.54. The highest BCUT2D eigenvalue weighted by molar-refractivity contribution is 5.91. The fourth-order valence-electron chi connectivity index (χ4n) is 5.33. The highest BCUT2D eigenvalue weighted by Gasteiger charge is 2.47. The molecule has 0 radical (unpaired) electrons. The molecule has 0 aromatic carbocycles. The molecule has 31 heavy (non-hydrogen) atoms. The van der Waals surface area contributed by atoms with Gasteiger partial charge in [-0.1, -0.05) is 0 Å². The molecule has 3 aliphatic heterocycles. The molecule has 170 valence electrons. The fraction of sp³-hybridized carbons (Fsp3) is 0.571. The summed E-state index contributed by atoms with van der Waals surface area (Å²) in [6.07, 6.45) is 9.09. The average molecular weight is 470 g/mol. The molecule has 5 heterocycles. The summed E-state index contributed by atoms with van der Waals surface area (Å²) in [5, 5.41) is 6.56. The minimum Gasteiger partial charge on any atom is -0.454 e. The van der Waals surface area contributed by atoms with Gasteiger partial charge >= 0.3 is 0 Å². The number of carbonyl (C=O) groups excluding carboxylic acids is 2. The molecule has 5 rings (SSSR count). The molecular weight excluding hydrogens is 441 g/mol. The van der Waals surface area contributed by atoms with E-state index < -0.39 is 0 Å². The molecule has 3 saturated heterocycles. The second-order valence-corrected chi connectivity index (χ2v) is 8.45. The van der Waals surface area contributed by atoms with Crippen LogP contribution in [-0.4, -0.2) is 58.0 Å². The zero-order chi connectivity index (χ0) is 19.8. The molecule has 2 amide bonds. The molecule has 2 N–H and O–H groups in total. The number of carbonyl (C=O) groups is 2. The van der Waals surface area contributed by atoms with Crippen LogP contribution in [-0.2, 0) is 11.3 Å². The van der Waals surface area contributed by atoms with Crippen LogP contribution in [0.25, 0.3) is 0 Å². The van der Waals surface area contributed by atoms with E-state index in [0.29, 0.717) is 48.9 Å². The van der Waals surface area contributed by atoms with Crippen molar-refractivity contribution in [1.82, 2.24) is 25.1 Å². The number of imidazole rings is 1. The van der Waals surface area contributed by atoms with E-state index in [1.807, 2.05) is 16.8 Å². The van der Waals surface area contributed by atoms with Crippen molar-refractivity contribution in [2.45, 2.75) is 44.3 Å². The second-order valence-electron chi connectivity index (χ2n) is 8.45. The van der Waals surface area contributed by atoms with Crippen molar-refractivity contribution >= 4 is 36.6 Å². The summed E-state index contributed by atoms with van der Waals surface area (Å²) in [5.74, 6) is 1.96. The maximum atomic E-state index is 12.7. The number of nitrogens with zero attached hydrogens (tertiary/aromatic N) is 3. The lowest BCUT2D eigenvalue weighted by molar-refractivity contribution is -0.148. The number of aromatic nitrogens is 2. The SMILES string of the molecule is Cl.Cl.O=C(NC[C@H]1[C@@H]2CNC[C@@H](C2)[C@@H]2CCCC(=O)N21)c1ccc(Cn2ccnc2)o1. The van der Waals surface area contributed by atoms with Crippen LogP contribution in [0, 0.1) is 11.8 Å². The summed E-state index contributed by atoms with van der Waals surface area (Å²) in [7, 11) is 0.